The molecule has 2 N–H and O–H groups in total. The van der Waals surface area contributed by atoms with Crippen LogP contribution in [0.4, 0.5) is 0 Å². The van der Waals surface area contributed by atoms with Crippen LogP contribution in [0.3, 0.4) is 0 Å². The van der Waals surface area contributed by atoms with E-state index in [1.807, 2.05) is 24.5 Å². The largest absolute Gasteiger partial charge is 0.472 e. The summed E-state index contributed by atoms with van der Waals surface area (Å²) in [6, 6.07) is 16.5. The zero-order valence-corrected chi connectivity index (χ0v) is 26.7. The molecule has 6 rings (SSSR count). The van der Waals surface area contributed by atoms with E-state index in [9.17, 15) is 18.0 Å². The summed E-state index contributed by atoms with van der Waals surface area (Å²) in [5, 5.41) is 2.96. The van der Waals surface area contributed by atoms with Gasteiger partial charge in [-0.05, 0) is 76.7 Å². The number of rotatable bonds is 10. The second-order valence-corrected chi connectivity index (χ2v) is 13.2. The third-order valence-corrected chi connectivity index (χ3v) is 9.99. The van der Waals surface area contributed by atoms with Crippen molar-refractivity contribution >= 4 is 37.8 Å². The Balaban J connectivity index is 1.50. The lowest BCUT2D eigenvalue weighted by molar-refractivity contribution is 0.0943. The smallest absolute Gasteiger partial charge is 0.269 e. The van der Waals surface area contributed by atoms with Gasteiger partial charge in [-0.25, -0.2) is 18.1 Å². The average Bonchev–Trinajstić information content (AvgIpc) is 3.76. The van der Waals surface area contributed by atoms with Crippen LogP contribution in [-0.4, -0.2) is 36.3 Å². The fourth-order valence-corrected chi connectivity index (χ4v) is 7.37. The highest BCUT2D eigenvalue weighted by atomic mass is 79.9. The second kappa shape index (κ2) is 12.0. The third kappa shape index (κ3) is 5.46. The predicted molar refractivity (Wildman–Crippen MR) is 170 cm³/mol. The van der Waals surface area contributed by atoms with Gasteiger partial charge in [0.2, 0.25) is 0 Å². The Morgan fingerprint density at radius 2 is 1.70 bits per heavy atom. The molecule has 1 fully saturated rings. The maximum atomic E-state index is 13.6. The van der Waals surface area contributed by atoms with E-state index in [4.69, 9.17) is 9.40 Å². The van der Waals surface area contributed by atoms with Crippen molar-refractivity contribution in [2.24, 2.45) is 0 Å². The van der Waals surface area contributed by atoms with Crippen molar-refractivity contribution < 1.29 is 22.4 Å². The molecule has 11 heteroatoms. The van der Waals surface area contributed by atoms with E-state index in [0.29, 0.717) is 40.8 Å². The van der Waals surface area contributed by atoms with E-state index in [-0.39, 0.29) is 22.3 Å². The van der Waals surface area contributed by atoms with Crippen LogP contribution >= 0.6 is 15.9 Å². The van der Waals surface area contributed by atoms with Gasteiger partial charge in [-0.1, -0.05) is 43.3 Å². The van der Waals surface area contributed by atoms with E-state index < -0.39 is 15.9 Å². The molecule has 2 aliphatic carbocycles. The highest BCUT2D eigenvalue weighted by molar-refractivity contribution is 9.10. The molecule has 1 aromatic heterocycles. The first kappa shape index (κ1) is 29.8. The number of hydrogen-bond acceptors (Lipinski definition) is 6. The van der Waals surface area contributed by atoms with Gasteiger partial charge in [0.25, 0.3) is 21.8 Å². The van der Waals surface area contributed by atoms with Crippen LogP contribution in [0, 0.1) is 0 Å². The molecule has 2 heterocycles. The molecule has 0 bridgehead atoms. The molecular formula is C33H31BrN4O5S. The average molecular weight is 676 g/mol. The topological polar surface area (TPSA) is 123 Å². The van der Waals surface area contributed by atoms with Crippen LogP contribution in [0.2, 0.25) is 0 Å². The molecule has 226 valence electrons. The van der Waals surface area contributed by atoms with Gasteiger partial charge in [-0.15, -0.1) is 0 Å². The number of nitrogens with zero attached hydrogens (tertiary/aromatic N) is 2. The molecule has 44 heavy (non-hydrogen) atoms. The first-order valence-corrected chi connectivity index (χ1v) is 16.8. The number of sulfonamides is 1. The van der Waals surface area contributed by atoms with Crippen LogP contribution < -0.4 is 10.0 Å². The molecule has 0 atom stereocenters. The number of aryl methyl sites for hydroxylation is 1. The normalized spacial score (nSPS) is 13.2. The van der Waals surface area contributed by atoms with E-state index in [0.717, 1.165) is 41.1 Å². The number of hydrogen-bond donors (Lipinski definition) is 2. The minimum Gasteiger partial charge on any atom is -0.472 e. The lowest BCUT2D eigenvalue weighted by Crippen LogP contribution is -2.31. The Labute approximate surface area is 264 Å². The molecular weight excluding hydrogens is 644 g/mol. The van der Waals surface area contributed by atoms with Gasteiger partial charge < -0.3 is 14.3 Å². The van der Waals surface area contributed by atoms with Gasteiger partial charge in [0.15, 0.2) is 0 Å². The molecule has 9 nitrogen and oxygen atoms in total. The van der Waals surface area contributed by atoms with Gasteiger partial charge in [-0.2, -0.15) is 0 Å². The van der Waals surface area contributed by atoms with Crippen molar-refractivity contribution in [1.82, 2.24) is 19.6 Å². The second-order valence-electron chi connectivity index (χ2n) is 10.7. The number of aromatic nitrogens is 2. The molecule has 2 aromatic carbocycles. The van der Waals surface area contributed by atoms with Crippen molar-refractivity contribution in [3.8, 4) is 22.3 Å². The Kier molecular flexibility index (Phi) is 8.17. The highest BCUT2D eigenvalue weighted by Crippen LogP contribution is 2.48. The van der Waals surface area contributed by atoms with E-state index in [1.54, 1.807) is 55.0 Å². The Hall–Kier alpha value is -4.22. The first-order valence-electron chi connectivity index (χ1n) is 14.5. The molecule has 3 aliphatic rings. The maximum absolute atomic E-state index is 13.6. The standard InChI is InChI=1S/C33H31BrN4O5S/c1-3-27-36-30(20-14-15-20)31(33(40)35-4-2)38(27)18-25-22-16-17-43-19-26(22)29(34)28(25)23-12-8-9-13-24(23)32(39)37-44(41,42)21-10-6-5-7-11-21/h5-13,16-17,19-20H,3-4,14-15,18H2,1-2H3,(H,35,40)(H,37,39). The van der Waals surface area contributed by atoms with Gasteiger partial charge >= 0.3 is 0 Å². The summed E-state index contributed by atoms with van der Waals surface area (Å²) in [5.74, 6) is 0.133. The lowest BCUT2D eigenvalue weighted by atomic mass is 9.97. The number of fused-ring (bicyclic) bond motifs is 1. The summed E-state index contributed by atoms with van der Waals surface area (Å²) in [5.41, 5.74) is 5.30. The zero-order chi connectivity index (χ0) is 31.0. The molecule has 0 unspecified atom stereocenters. The van der Waals surface area contributed by atoms with E-state index in [2.05, 4.69) is 26.0 Å². The summed E-state index contributed by atoms with van der Waals surface area (Å²) in [6.07, 6.45) is 5.84. The van der Waals surface area contributed by atoms with Crippen LogP contribution in [-0.2, 0) is 23.0 Å². The van der Waals surface area contributed by atoms with E-state index in [1.165, 1.54) is 12.1 Å². The Bertz CT molecular complexity index is 1940. The third-order valence-electron chi connectivity index (χ3n) is 7.82. The molecule has 1 aliphatic heterocycles. The zero-order valence-electron chi connectivity index (χ0n) is 24.3. The number of nitrogens with one attached hydrogen (secondary N) is 2. The summed E-state index contributed by atoms with van der Waals surface area (Å²) in [4.78, 5) is 32.0. The van der Waals surface area contributed by atoms with Crippen LogP contribution in [0.1, 0.15) is 70.5 Å². The van der Waals surface area contributed by atoms with Crippen molar-refractivity contribution in [3.63, 3.8) is 0 Å². The molecule has 0 saturated heterocycles. The van der Waals surface area contributed by atoms with Crippen molar-refractivity contribution in [2.45, 2.75) is 50.5 Å². The lowest BCUT2D eigenvalue weighted by Gasteiger charge is -2.16. The molecule has 0 spiro atoms. The van der Waals surface area contributed by atoms with Crippen LogP contribution in [0.25, 0.3) is 22.3 Å². The van der Waals surface area contributed by atoms with Crippen molar-refractivity contribution in [2.75, 3.05) is 6.54 Å². The summed E-state index contributed by atoms with van der Waals surface area (Å²) < 4.78 is 36.6. The number of halogens is 1. The predicted octanol–water partition coefficient (Wildman–Crippen LogP) is 6.37. The number of carbonyl (C=O) groups excluding carboxylic acids is 2. The summed E-state index contributed by atoms with van der Waals surface area (Å²) in [7, 11) is -4.11. The minimum absolute atomic E-state index is 0.00934. The fraction of sp³-hybridized carbons (Fsp3) is 0.242. The quantitative estimate of drug-likeness (QED) is 0.178. The van der Waals surface area contributed by atoms with Gasteiger partial charge in [0.1, 0.15) is 11.5 Å². The van der Waals surface area contributed by atoms with Crippen molar-refractivity contribution in [1.29, 1.82) is 0 Å². The molecule has 1 saturated carbocycles. The first-order chi connectivity index (χ1) is 21.2. The van der Waals surface area contributed by atoms with E-state index >= 15 is 0 Å². The van der Waals surface area contributed by atoms with Crippen LogP contribution in [0.5, 0.6) is 0 Å². The highest BCUT2D eigenvalue weighted by Gasteiger charge is 2.35. The molecule has 0 radical (unpaired) electrons. The summed E-state index contributed by atoms with van der Waals surface area (Å²) >= 11 is 3.77. The molecule has 2 amide bonds. The Morgan fingerprint density at radius 3 is 2.41 bits per heavy atom. The van der Waals surface area contributed by atoms with Gasteiger partial charge in [0, 0.05) is 40.0 Å². The maximum Gasteiger partial charge on any atom is 0.269 e. The molecule has 3 aromatic rings. The Morgan fingerprint density at radius 1 is 0.977 bits per heavy atom. The van der Waals surface area contributed by atoms with Crippen molar-refractivity contribution in [3.05, 3.63) is 106 Å². The van der Waals surface area contributed by atoms with Crippen LogP contribution in [0.15, 0.2) is 87.0 Å². The SMILES string of the molecule is CCNC(=O)c1c(C2CC2)nc(CC)n1Cc1c2ccocc-2c(Br)c1-c1ccccc1C(=O)NS(=O)(=O)c1ccccc1. The minimum atomic E-state index is -4.11. The monoisotopic (exact) mass is 674 g/mol. The fourth-order valence-electron chi connectivity index (χ4n) is 5.63. The number of imidazole rings is 1. The summed E-state index contributed by atoms with van der Waals surface area (Å²) in [6.45, 7) is 4.69. The number of benzene rings is 2. The number of carbonyl (C=O) groups is 2. The van der Waals surface area contributed by atoms with Gasteiger partial charge in [0.05, 0.1) is 29.7 Å². The number of amides is 2. The van der Waals surface area contributed by atoms with Gasteiger partial charge in [-0.3, -0.25) is 9.59 Å².